The first kappa shape index (κ1) is 19.0. The van der Waals surface area contributed by atoms with Crippen molar-refractivity contribution in [3.63, 3.8) is 0 Å². The number of ether oxygens (including phenoxy) is 1. The van der Waals surface area contributed by atoms with E-state index >= 15 is 0 Å². The van der Waals surface area contributed by atoms with Crippen molar-refractivity contribution in [1.82, 2.24) is 14.5 Å². The molecular formula is C19H18N4O5. The minimum Gasteiger partial charge on any atom is -0.497 e. The summed E-state index contributed by atoms with van der Waals surface area (Å²) in [6, 6.07) is 11.2. The number of hydrogen-bond donors (Lipinski definition) is 0. The van der Waals surface area contributed by atoms with E-state index in [0.717, 1.165) is 5.56 Å². The fourth-order valence-corrected chi connectivity index (χ4v) is 2.77. The highest BCUT2D eigenvalue weighted by Gasteiger charge is 2.14. The van der Waals surface area contributed by atoms with Crippen LogP contribution in [-0.2, 0) is 17.9 Å². The van der Waals surface area contributed by atoms with E-state index < -0.39 is 10.5 Å². The third kappa shape index (κ3) is 3.98. The number of nitro groups is 1. The van der Waals surface area contributed by atoms with Crippen molar-refractivity contribution in [1.29, 1.82) is 0 Å². The van der Waals surface area contributed by atoms with Gasteiger partial charge in [0.05, 0.1) is 29.3 Å². The van der Waals surface area contributed by atoms with E-state index in [2.05, 4.69) is 4.98 Å². The molecule has 0 atom stereocenters. The second-order valence-electron chi connectivity index (χ2n) is 6.24. The molecule has 0 N–H and O–H groups in total. The number of hydrogen-bond acceptors (Lipinski definition) is 6. The van der Waals surface area contributed by atoms with Crippen LogP contribution in [0.2, 0.25) is 0 Å². The van der Waals surface area contributed by atoms with Gasteiger partial charge in [0.1, 0.15) is 12.3 Å². The molecule has 0 aliphatic carbocycles. The summed E-state index contributed by atoms with van der Waals surface area (Å²) in [5.74, 6) is 0.426. The molecular weight excluding hydrogens is 364 g/mol. The fraction of sp³-hybridized carbons (Fsp3) is 0.211. The molecule has 0 aliphatic rings. The molecule has 9 heteroatoms. The van der Waals surface area contributed by atoms with Gasteiger partial charge in [-0.05, 0) is 23.8 Å². The molecule has 0 radical (unpaired) electrons. The van der Waals surface area contributed by atoms with Gasteiger partial charge in [-0.3, -0.25) is 24.3 Å². The van der Waals surface area contributed by atoms with E-state index in [1.807, 2.05) is 24.3 Å². The number of rotatable bonds is 6. The van der Waals surface area contributed by atoms with Gasteiger partial charge in [-0.15, -0.1) is 0 Å². The Balaban J connectivity index is 1.78. The quantitative estimate of drug-likeness (QED) is 0.476. The predicted octanol–water partition coefficient (Wildman–Crippen LogP) is 1.97. The summed E-state index contributed by atoms with van der Waals surface area (Å²) in [5.41, 5.74) is 0.536. The second kappa shape index (κ2) is 7.87. The van der Waals surface area contributed by atoms with Crippen LogP contribution >= 0.6 is 0 Å². The van der Waals surface area contributed by atoms with Crippen molar-refractivity contribution in [3.05, 3.63) is 74.8 Å². The van der Waals surface area contributed by atoms with Crippen LogP contribution in [0.25, 0.3) is 10.9 Å². The first-order chi connectivity index (χ1) is 13.4. The van der Waals surface area contributed by atoms with Crippen molar-refractivity contribution in [2.24, 2.45) is 0 Å². The Bertz CT molecular complexity index is 1110. The zero-order valence-corrected chi connectivity index (χ0v) is 15.4. The predicted molar refractivity (Wildman–Crippen MR) is 102 cm³/mol. The van der Waals surface area contributed by atoms with Gasteiger partial charge in [-0.2, -0.15) is 0 Å². The van der Waals surface area contributed by atoms with Gasteiger partial charge < -0.3 is 9.64 Å². The number of amides is 1. The van der Waals surface area contributed by atoms with E-state index in [-0.39, 0.29) is 29.0 Å². The zero-order valence-electron chi connectivity index (χ0n) is 15.4. The third-order valence-corrected chi connectivity index (χ3v) is 4.30. The lowest BCUT2D eigenvalue weighted by Crippen LogP contribution is -2.33. The second-order valence-corrected chi connectivity index (χ2v) is 6.24. The topological polar surface area (TPSA) is 108 Å². The molecule has 144 valence electrons. The smallest absolute Gasteiger partial charge is 0.271 e. The van der Waals surface area contributed by atoms with Gasteiger partial charge in [-0.25, -0.2) is 4.98 Å². The summed E-state index contributed by atoms with van der Waals surface area (Å²) < 4.78 is 6.37. The lowest BCUT2D eigenvalue weighted by Gasteiger charge is -2.18. The van der Waals surface area contributed by atoms with Crippen LogP contribution in [0.15, 0.2) is 53.6 Å². The Kier molecular flexibility index (Phi) is 5.35. The average Bonchev–Trinajstić information content (AvgIpc) is 2.69. The lowest BCUT2D eigenvalue weighted by atomic mass is 10.2. The highest BCUT2D eigenvalue weighted by atomic mass is 16.6. The van der Waals surface area contributed by atoms with Gasteiger partial charge in [0.2, 0.25) is 5.91 Å². The minimum absolute atomic E-state index is 0.147. The molecule has 3 aromatic rings. The SMILES string of the molecule is COc1cccc(CN(C)C(=O)Cn2cnc3cc([N+](=O)[O-])ccc3c2=O)c1. The largest absolute Gasteiger partial charge is 0.497 e. The van der Waals surface area contributed by atoms with Crippen LogP contribution in [0.4, 0.5) is 5.69 Å². The number of aromatic nitrogens is 2. The summed E-state index contributed by atoms with van der Waals surface area (Å²) >= 11 is 0. The van der Waals surface area contributed by atoms with Crippen LogP contribution < -0.4 is 10.3 Å². The van der Waals surface area contributed by atoms with Crippen molar-refractivity contribution in [2.45, 2.75) is 13.1 Å². The summed E-state index contributed by atoms with van der Waals surface area (Å²) in [6.45, 7) is 0.178. The van der Waals surface area contributed by atoms with Crippen LogP contribution in [0.3, 0.4) is 0 Å². The van der Waals surface area contributed by atoms with Gasteiger partial charge >= 0.3 is 0 Å². The molecule has 28 heavy (non-hydrogen) atoms. The lowest BCUT2D eigenvalue weighted by molar-refractivity contribution is -0.384. The van der Waals surface area contributed by atoms with E-state index in [4.69, 9.17) is 4.74 Å². The van der Waals surface area contributed by atoms with Crippen LogP contribution in [0.5, 0.6) is 5.75 Å². The molecule has 3 rings (SSSR count). The number of carbonyl (C=O) groups excluding carboxylic acids is 1. The molecule has 2 aromatic carbocycles. The molecule has 1 amide bonds. The number of carbonyl (C=O) groups is 1. The monoisotopic (exact) mass is 382 g/mol. The Morgan fingerprint density at radius 3 is 2.79 bits per heavy atom. The number of methoxy groups -OCH3 is 1. The van der Waals surface area contributed by atoms with Crippen LogP contribution in [0.1, 0.15) is 5.56 Å². The Hall–Kier alpha value is -3.75. The van der Waals surface area contributed by atoms with Crippen molar-refractivity contribution >= 4 is 22.5 Å². The summed E-state index contributed by atoms with van der Waals surface area (Å²) in [4.78, 5) is 41.0. The summed E-state index contributed by atoms with van der Waals surface area (Å²) in [5, 5.41) is 11.1. The van der Waals surface area contributed by atoms with Crippen molar-refractivity contribution in [2.75, 3.05) is 14.2 Å². The number of non-ortho nitro benzene ring substituents is 1. The van der Waals surface area contributed by atoms with Gasteiger partial charge in [0.25, 0.3) is 11.2 Å². The van der Waals surface area contributed by atoms with Gasteiger partial charge in [0, 0.05) is 25.7 Å². The molecule has 0 fully saturated rings. The Morgan fingerprint density at radius 2 is 2.07 bits per heavy atom. The summed E-state index contributed by atoms with van der Waals surface area (Å²) in [7, 11) is 3.21. The first-order valence-electron chi connectivity index (χ1n) is 8.39. The molecule has 1 heterocycles. The van der Waals surface area contributed by atoms with Crippen molar-refractivity contribution in [3.8, 4) is 5.75 Å². The first-order valence-corrected chi connectivity index (χ1v) is 8.39. The normalized spacial score (nSPS) is 10.6. The maximum absolute atomic E-state index is 12.6. The van der Waals surface area contributed by atoms with Gasteiger partial charge in [-0.1, -0.05) is 12.1 Å². The number of nitrogens with zero attached hydrogens (tertiary/aromatic N) is 4. The van der Waals surface area contributed by atoms with Gasteiger partial charge in [0.15, 0.2) is 0 Å². The zero-order chi connectivity index (χ0) is 20.3. The molecule has 0 bridgehead atoms. The molecule has 0 unspecified atom stereocenters. The van der Waals surface area contributed by atoms with Crippen LogP contribution in [0, 0.1) is 10.1 Å². The molecule has 0 saturated carbocycles. The Morgan fingerprint density at radius 1 is 1.29 bits per heavy atom. The minimum atomic E-state index is -0.552. The van der Waals surface area contributed by atoms with Crippen LogP contribution in [-0.4, -0.2) is 39.4 Å². The van der Waals surface area contributed by atoms with E-state index in [1.165, 1.54) is 34.0 Å². The number of fused-ring (bicyclic) bond motifs is 1. The standard InChI is InChI=1S/C19H18N4O5/c1-21(10-13-4-3-5-15(8-13)28-2)18(24)11-22-12-20-17-9-14(23(26)27)6-7-16(17)19(22)25/h3-9,12H,10-11H2,1-2H3. The maximum atomic E-state index is 12.6. The average molecular weight is 382 g/mol. The molecule has 0 saturated heterocycles. The van der Waals surface area contributed by atoms with E-state index in [0.29, 0.717) is 12.3 Å². The number of likely N-dealkylation sites (N-methyl/N-ethyl adjacent to an activating group) is 1. The highest BCUT2D eigenvalue weighted by Crippen LogP contribution is 2.16. The van der Waals surface area contributed by atoms with E-state index in [9.17, 15) is 19.7 Å². The number of benzene rings is 2. The molecule has 0 aliphatic heterocycles. The molecule has 9 nitrogen and oxygen atoms in total. The fourth-order valence-electron chi connectivity index (χ4n) is 2.77. The summed E-state index contributed by atoms with van der Waals surface area (Å²) in [6.07, 6.45) is 1.23. The highest BCUT2D eigenvalue weighted by molar-refractivity contribution is 5.80. The Labute approximate surface area is 159 Å². The van der Waals surface area contributed by atoms with E-state index in [1.54, 1.807) is 14.2 Å². The number of nitro benzene ring substituents is 1. The molecule has 1 aromatic heterocycles. The third-order valence-electron chi connectivity index (χ3n) is 4.30. The molecule has 0 spiro atoms. The van der Waals surface area contributed by atoms with Crippen molar-refractivity contribution < 1.29 is 14.5 Å². The maximum Gasteiger partial charge on any atom is 0.271 e.